The molecule has 6 heteroatoms. The highest BCUT2D eigenvalue weighted by molar-refractivity contribution is 6.07. The Balaban J connectivity index is 1.56. The zero-order valence-electron chi connectivity index (χ0n) is 17.6. The number of pyridine rings is 1. The normalized spacial score (nSPS) is 18.4. The highest BCUT2D eigenvalue weighted by Gasteiger charge is 2.36. The van der Waals surface area contributed by atoms with Crippen molar-refractivity contribution in [1.82, 2.24) is 10.3 Å². The molecule has 4 rings (SSSR count). The van der Waals surface area contributed by atoms with Crippen LogP contribution in [0.4, 0.5) is 17.2 Å². The van der Waals surface area contributed by atoms with E-state index in [9.17, 15) is 4.79 Å². The second-order valence-corrected chi connectivity index (χ2v) is 8.79. The van der Waals surface area contributed by atoms with E-state index in [-0.39, 0.29) is 11.3 Å². The summed E-state index contributed by atoms with van der Waals surface area (Å²) in [5, 5.41) is 9.49. The molecule has 1 aromatic carbocycles. The van der Waals surface area contributed by atoms with E-state index in [1.807, 2.05) is 6.07 Å². The molecule has 1 aromatic heterocycles. The lowest BCUT2D eigenvalue weighted by molar-refractivity contribution is 0.102. The third-order valence-corrected chi connectivity index (χ3v) is 6.14. The fourth-order valence-electron chi connectivity index (χ4n) is 4.62. The Hall–Kier alpha value is -2.60. The van der Waals surface area contributed by atoms with E-state index in [0.717, 1.165) is 37.8 Å². The van der Waals surface area contributed by atoms with Gasteiger partial charge in [0.25, 0.3) is 5.91 Å². The van der Waals surface area contributed by atoms with E-state index in [0.29, 0.717) is 11.4 Å². The first-order valence-corrected chi connectivity index (χ1v) is 10.5. The molecule has 2 aromatic rings. The highest BCUT2D eigenvalue weighted by Crippen LogP contribution is 2.42. The second-order valence-electron chi connectivity index (χ2n) is 8.79. The summed E-state index contributed by atoms with van der Waals surface area (Å²) in [5.74, 6) is 1.16. The Morgan fingerprint density at radius 2 is 2.07 bits per heavy atom. The van der Waals surface area contributed by atoms with Gasteiger partial charge in [-0.15, -0.1) is 0 Å². The van der Waals surface area contributed by atoms with Gasteiger partial charge < -0.3 is 20.9 Å². The van der Waals surface area contributed by atoms with Crippen LogP contribution in [0.5, 0.6) is 0 Å². The fourth-order valence-corrected chi connectivity index (χ4v) is 4.62. The van der Waals surface area contributed by atoms with Crippen LogP contribution in [0.25, 0.3) is 0 Å². The molecule has 1 saturated heterocycles. The van der Waals surface area contributed by atoms with Crippen LogP contribution in [-0.2, 0) is 5.41 Å². The summed E-state index contributed by atoms with van der Waals surface area (Å²) in [6.45, 7) is 8.95. The SMILES string of the molecule is CNc1ncccc1C(=O)Nc1ccc2c(c1)N(CC1CCNCC1)CC2(C)C. The van der Waals surface area contributed by atoms with Crippen molar-refractivity contribution in [2.45, 2.75) is 32.1 Å². The Bertz CT molecular complexity index is 889. The van der Waals surface area contributed by atoms with Gasteiger partial charge in [0.1, 0.15) is 5.82 Å². The number of carbonyl (C=O) groups is 1. The molecule has 1 amide bonds. The number of hydrogen-bond acceptors (Lipinski definition) is 5. The van der Waals surface area contributed by atoms with E-state index in [4.69, 9.17) is 0 Å². The molecule has 0 unspecified atom stereocenters. The molecule has 3 heterocycles. The van der Waals surface area contributed by atoms with Crippen molar-refractivity contribution >= 4 is 23.1 Å². The predicted octanol–water partition coefficient (Wildman–Crippen LogP) is 3.47. The van der Waals surface area contributed by atoms with E-state index in [2.05, 4.69) is 51.8 Å². The minimum Gasteiger partial charge on any atom is -0.372 e. The van der Waals surface area contributed by atoms with Crippen LogP contribution in [0.1, 0.15) is 42.6 Å². The van der Waals surface area contributed by atoms with Crippen LogP contribution in [-0.4, -0.2) is 44.1 Å². The maximum atomic E-state index is 12.8. The minimum atomic E-state index is -0.149. The van der Waals surface area contributed by atoms with Crippen molar-refractivity contribution < 1.29 is 4.79 Å². The van der Waals surface area contributed by atoms with Gasteiger partial charge in [0, 0.05) is 43.1 Å². The van der Waals surface area contributed by atoms with Gasteiger partial charge in [-0.25, -0.2) is 4.98 Å². The van der Waals surface area contributed by atoms with Crippen LogP contribution in [0.3, 0.4) is 0 Å². The molecule has 0 radical (unpaired) electrons. The number of hydrogen-bond donors (Lipinski definition) is 3. The van der Waals surface area contributed by atoms with Crippen LogP contribution in [0.2, 0.25) is 0 Å². The van der Waals surface area contributed by atoms with Crippen LogP contribution in [0, 0.1) is 5.92 Å². The molecule has 0 bridgehead atoms. The van der Waals surface area contributed by atoms with Crippen molar-refractivity contribution in [2.24, 2.45) is 5.92 Å². The first kappa shape index (κ1) is 19.7. The summed E-state index contributed by atoms with van der Waals surface area (Å²) in [6.07, 6.45) is 4.14. The van der Waals surface area contributed by atoms with E-state index in [1.54, 1.807) is 25.4 Å². The average Bonchev–Trinajstić information content (AvgIpc) is 2.98. The Kier molecular flexibility index (Phi) is 5.46. The summed E-state index contributed by atoms with van der Waals surface area (Å²) < 4.78 is 0. The molecule has 0 aliphatic carbocycles. The van der Waals surface area contributed by atoms with Crippen LogP contribution < -0.4 is 20.9 Å². The Labute approximate surface area is 173 Å². The van der Waals surface area contributed by atoms with Crippen molar-refractivity contribution in [3.05, 3.63) is 47.7 Å². The zero-order valence-corrected chi connectivity index (χ0v) is 17.6. The van der Waals surface area contributed by atoms with Gasteiger partial charge in [-0.2, -0.15) is 0 Å². The van der Waals surface area contributed by atoms with E-state index in [1.165, 1.54) is 24.1 Å². The highest BCUT2D eigenvalue weighted by atomic mass is 16.1. The molecular formula is C23H31N5O. The molecule has 29 heavy (non-hydrogen) atoms. The number of carbonyl (C=O) groups excluding carboxylic acids is 1. The van der Waals surface area contributed by atoms with Gasteiger partial charge in [-0.3, -0.25) is 4.79 Å². The van der Waals surface area contributed by atoms with E-state index < -0.39 is 0 Å². The third kappa shape index (κ3) is 4.08. The monoisotopic (exact) mass is 393 g/mol. The molecule has 3 N–H and O–H groups in total. The van der Waals surface area contributed by atoms with Crippen molar-refractivity contribution in [2.75, 3.05) is 48.8 Å². The number of rotatable bonds is 5. The number of nitrogens with one attached hydrogen (secondary N) is 3. The van der Waals surface area contributed by atoms with Crippen molar-refractivity contribution in [3.8, 4) is 0 Å². The molecule has 0 atom stereocenters. The lowest BCUT2D eigenvalue weighted by atomic mass is 9.87. The fraction of sp³-hybridized carbons (Fsp3) is 0.478. The largest absolute Gasteiger partial charge is 0.372 e. The van der Waals surface area contributed by atoms with Crippen LogP contribution >= 0.6 is 0 Å². The van der Waals surface area contributed by atoms with Crippen molar-refractivity contribution in [3.63, 3.8) is 0 Å². The first-order chi connectivity index (χ1) is 14.0. The van der Waals surface area contributed by atoms with Gasteiger partial charge in [0.2, 0.25) is 0 Å². The summed E-state index contributed by atoms with van der Waals surface area (Å²) in [6, 6.07) is 9.89. The summed E-state index contributed by atoms with van der Waals surface area (Å²) in [5.41, 5.74) is 4.11. The van der Waals surface area contributed by atoms with Crippen LogP contribution in [0.15, 0.2) is 36.5 Å². The summed E-state index contributed by atoms with van der Waals surface area (Å²) in [4.78, 5) is 19.6. The Morgan fingerprint density at radius 3 is 2.83 bits per heavy atom. The van der Waals surface area contributed by atoms with Gasteiger partial charge in [-0.05, 0) is 61.7 Å². The predicted molar refractivity (Wildman–Crippen MR) is 119 cm³/mol. The average molecular weight is 394 g/mol. The van der Waals surface area contributed by atoms with Gasteiger partial charge in [0.15, 0.2) is 0 Å². The summed E-state index contributed by atoms with van der Waals surface area (Å²) in [7, 11) is 1.77. The topological polar surface area (TPSA) is 69.3 Å². The minimum absolute atomic E-state index is 0.118. The third-order valence-electron chi connectivity index (χ3n) is 6.14. The number of benzene rings is 1. The zero-order chi connectivity index (χ0) is 20.4. The first-order valence-electron chi connectivity index (χ1n) is 10.5. The quantitative estimate of drug-likeness (QED) is 0.726. The number of aromatic nitrogens is 1. The number of piperidine rings is 1. The molecular weight excluding hydrogens is 362 g/mol. The molecule has 2 aliphatic rings. The molecule has 6 nitrogen and oxygen atoms in total. The van der Waals surface area contributed by atoms with Gasteiger partial charge in [0.05, 0.1) is 5.56 Å². The molecule has 154 valence electrons. The second kappa shape index (κ2) is 8.03. The number of amides is 1. The Morgan fingerprint density at radius 1 is 1.28 bits per heavy atom. The van der Waals surface area contributed by atoms with Gasteiger partial charge >= 0.3 is 0 Å². The lowest BCUT2D eigenvalue weighted by Gasteiger charge is -2.30. The smallest absolute Gasteiger partial charge is 0.259 e. The summed E-state index contributed by atoms with van der Waals surface area (Å²) >= 11 is 0. The van der Waals surface area contributed by atoms with Gasteiger partial charge in [-0.1, -0.05) is 19.9 Å². The van der Waals surface area contributed by atoms with Crippen molar-refractivity contribution in [1.29, 1.82) is 0 Å². The maximum Gasteiger partial charge on any atom is 0.259 e. The number of fused-ring (bicyclic) bond motifs is 1. The number of nitrogens with zero attached hydrogens (tertiary/aromatic N) is 2. The maximum absolute atomic E-state index is 12.8. The molecule has 1 fully saturated rings. The lowest BCUT2D eigenvalue weighted by Crippen LogP contribution is -2.37. The molecule has 0 spiro atoms. The molecule has 2 aliphatic heterocycles. The van der Waals surface area contributed by atoms with E-state index >= 15 is 0 Å². The molecule has 0 saturated carbocycles. The standard InChI is InChI=1S/C23H31N5O/c1-23(2)15-28(14-16-8-11-25-12-9-16)20-13-17(6-7-19(20)23)27-22(29)18-5-4-10-26-21(18)24-3/h4-7,10,13,16,25H,8-9,11-12,14-15H2,1-3H3,(H,24,26)(H,27,29). The number of anilines is 3.